The Balaban J connectivity index is 1.73. The standard InChI is InChI=1S/C20H12FNO2/c21-17-7-5-16(6-8-17)20-12-10-18(24-20)9-11-19(23)15-3-1-14(13-22)2-4-15/h1-12H/b11-9+. The van der Waals surface area contributed by atoms with Crippen LogP contribution in [0.25, 0.3) is 17.4 Å². The van der Waals surface area contributed by atoms with Crippen LogP contribution < -0.4 is 0 Å². The van der Waals surface area contributed by atoms with E-state index in [1.807, 2.05) is 6.07 Å². The normalized spacial score (nSPS) is 10.7. The summed E-state index contributed by atoms with van der Waals surface area (Å²) in [5, 5.41) is 8.75. The molecule has 3 nitrogen and oxygen atoms in total. The Morgan fingerprint density at radius 3 is 2.38 bits per heavy atom. The zero-order valence-electron chi connectivity index (χ0n) is 12.6. The number of nitrogens with zero attached hydrogens (tertiary/aromatic N) is 1. The number of benzene rings is 2. The summed E-state index contributed by atoms with van der Waals surface area (Å²) in [6.45, 7) is 0. The van der Waals surface area contributed by atoms with Crippen LogP contribution in [0, 0.1) is 17.1 Å². The lowest BCUT2D eigenvalue weighted by molar-refractivity contribution is 0.104. The van der Waals surface area contributed by atoms with Gasteiger partial charge in [-0.05, 0) is 72.8 Å². The van der Waals surface area contributed by atoms with Crippen molar-refractivity contribution >= 4 is 11.9 Å². The van der Waals surface area contributed by atoms with Crippen LogP contribution in [0.1, 0.15) is 21.7 Å². The van der Waals surface area contributed by atoms with Crippen LogP contribution in [0.5, 0.6) is 0 Å². The lowest BCUT2D eigenvalue weighted by Gasteiger charge is -1.96. The first-order valence-corrected chi connectivity index (χ1v) is 7.24. The highest BCUT2D eigenvalue weighted by atomic mass is 19.1. The van der Waals surface area contributed by atoms with Crippen molar-refractivity contribution in [1.82, 2.24) is 0 Å². The van der Waals surface area contributed by atoms with Crippen LogP contribution in [0.3, 0.4) is 0 Å². The van der Waals surface area contributed by atoms with E-state index < -0.39 is 0 Å². The molecular formula is C20H12FNO2. The summed E-state index contributed by atoms with van der Waals surface area (Å²) in [7, 11) is 0. The Morgan fingerprint density at radius 2 is 1.71 bits per heavy atom. The van der Waals surface area contributed by atoms with Gasteiger partial charge in [-0.25, -0.2) is 4.39 Å². The van der Waals surface area contributed by atoms with Gasteiger partial charge in [-0.3, -0.25) is 4.79 Å². The molecule has 0 bridgehead atoms. The first kappa shape index (κ1) is 15.4. The van der Waals surface area contributed by atoms with Gasteiger partial charge < -0.3 is 4.42 Å². The number of furan rings is 1. The van der Waals surface area contributed by atoms with Crippen LogP contribution in [0.4, 0.5) is 4.39 Å². The molecule has 2 aromatic carbocycles. The van der Waals surface area contributed by atoms with Crippen LogP contribution in [-0.4, -0.2) is 5.78 Å². The molecule has 0 amide bonds. The molecule has 0 aliphatic heterocycles. The number of carbonyl (C=O) groups is 1. The second-order valence-electron chi connectivity index (χ2n) is 5.10. The first-order chi connectivity index (χ1) is 11.7. The number of halogens is 1. The van der Waals surface area contributed by atoms with E-state index in [1.54, 1.807) is 54.6 Å². The fraction of sp³-hybridized carbons (Fsp3) is 0. The fourth-order valence-corrected chi connectivity index (χ4v) is 2.17. The molecule has 1 aromatic heterocycles. The molecule has 0 radical (unpaired) electrons. The number of hydrogen-bond acceptors (Lipinski definition) is 3. The summed E-state index contributed by atoms with van der Waals surface area (Å²) >= 11 is 0. The van der Waals surface area contributed by atoms with E-state index in [0.29, 0.717) is 22.6 Å². The molecule has 0 aliphatic carbocycles. The number of ketones is 1. The van der Waals surface area contributed by atoms with Gasteiger partial charge in [0.15, 0.2) is 5.78 Å². The molecule has 0 atom stereocenters. The number of allylic oxidation sites excluding steroid dienone is 1. The van der Waals surface area contributed by atoms with Crippen LogP contribution in [0.2, 0.25) is 0 Å². The number of hydrogen-bond donors (Lipinski definition) is 0. The van der Waals surface area contributed by atoms with Gasteiger partial charge in [-0.1, -0.05) is 0 Å². The van der Waals surface area contributed by atoms with E-state index in [9.17, 15) is 9.18 Å². The minimum atomic E-state index is -0.307. The highest BCUT2D eigenvalue weighted by molar-refractivity contribution is 6.06. The third kappa shape index (κ3) is 3.47. The number of nitriles is 1. The van der Waals surface area contributed by atoms with Crippen LogP contribution >= 0.6 is 0 Å². The Kier molecular flexibility index (Phi) is 4.35. The van der Waals surface area contributed by atoms with Gasteiger partial charge >= 0.3 is 0 Å². The Bertz CT molecular complexity index is 929. The first-order valence-electron chi connectivity index (χ1n) is 7.24. The van der Waals surface area contributed by atoms with E-state index in [4.69, 9.17) is 9.68 Å². The molecule has 0 N–H and O–H groups in total. The quantitative estimate of drug-likeness (QED) is 0.510. The molecule has 0 saturated heterocycles. The zero-order valence-corrected chi connectivity index (χ0v) is 12.6. The maximum absolute atomic E-state index is 12.9. The summed E-state index contributed by atoms with van der Waals surface area (Å²) in [5.41, 5.74) is 1.76. The molecule has 0 saturated carbocycles. The van der Waals surface area contributed by atoms with Gasteiger partial charge in [-0.15, -0.1) is 0 Å². The second kappa shape index (κ2) is 6.76. The predicted octanol–water partition coefficient (Wildman–Crippen LogP) is 4.85. The maximum atomic E-state index is 12.9. The fourth-order valence-electron chi connectivity index (χ4n) is 2.17. The van der Waals surface area contributed by atoms with E-state index in [-0.39, 0.29) is 11.6 Å². The lowest BCUT2D eigenvalue weighted by atomic mass is 10.1. The van der Waals surface area contributed by atoms with E-state index >= 15 is 0 Å². The van der Waals surface area contributed by atoms with E-state index in [1.165, 1.54) is 18.2 Å². The van der Waals surface area contributed by atoms with Gasteiger partial charge in [-0.2, -0.15) is 5.26 Å². The Morgan fingerprint density at radius 1 is 1.00 bits per heavy atom. The minimum Gasteiger partial charge on any atom is -0.457 e. The molecule has 0 spiro atoms. The van der Waals surface area contributed by atoms with Crippen molar-refractivity contribution in [3.8, 4) is 17.4 Å². The topological polar surface area (TPSA) is 54.0 Å². The molecule has 0 aliphatic rings. The monoisotopic (exact) mass is 317 g/mol. The van der Waals surface area contributed by atoms with Crippen molar-refractivity contribution in [3.05, 3.63) is 89.4 Å². The van der Waals surface area contributed by atoms with E-state index in [0.717, 1.165) is 5.56 Å². The molecule has 0 fully saturated rings. The highest BCUT2D eigenvalue weighted by Gasteiger charge is 2.05. The van der Waals surface area contributed by atoms with Crippen LogP contribution in [0.15, 0.2) is 71.2 Å². The van der Waals surface area contributed by atoms with E-state index in [2.05, 4.69) is 0 Å². The summed E-state index contributed by atoms with van der Waals surface area (Å²) in [4.78, 5) is 12.1. The molecule has 3 rings (SSSR count). The predicted molar refractivity (Wildman–Crippen MR) is 88.6 cm³/mol. The third-order valence-electron chi connectivity index (χ3n) is 3.45. The van der Waals surface area contributed by atoms with Crippen molar-refractivity contribution in [2.24, 2.45) is 0 Å². The van der Waals surface area contributed by atoms with Gasteiger partial charge in [0, 0.05) is 11.1 Å². The average Bonchev–Trinajstić information content (AvgIpc) is 3.09. The Labute approximate surface area is 138 Å². The van der Waals surface area contributed by atoms with Crippen LogP contribution in [-0.2, 0) is 0 Å². The number of rotatable bonds is 4. The molecule has 24 heavy (non-hydrogen) atoms. The molecule has 4 heteroatoms. The van der Waals surface area contributed by atoms with Crippen molar-refractivity contribution in [2.75, 3.05) is 0 Å². The molecular weight excluding hydrogens is 305 g/mol. The van der Waals surface area contributed by atoms with Gasteiger partial charge in [0.1, 0.15) is 17.3 Å². The maximum Gasteiger partial charge on any atom is 0.185 e. The SMILES string of the molecule is N#Cc1ccc(C(=O)/C=C/c2ccc(-c3ccc(F)cc3)o2)cc1. The van der Waals surface area contributed by atoms with Gasteiger partial charge in [0.2, 0.25) is 0 Å². The molecule has 116 valence electrons. The van der Waals surface area contributed by atoms with Crippen molar-refractivity contribution in [2.45, 2.75) is 0 Å². The van der Waals surface area contributed by atoms with Crippen molar-refractivity contribution < 1.29 is 13.6 Å². The summed E-state index contributed by atoms with van der Waals surface area (Å²) < 4.78 is 18.6. The average molecular weight is 317 g/mol. The highest BCUT2D eigenvalue weighted by Crippen LogP contribution is 2.23. The van der Waals surface area contributed by atoms with Crippen molar-refractivity contribution in [3.63, 3.8) is 0 Å². The minimum absolute atomic E-state index is 0.181. The summed E-state index contributed by atoms with van der Waals surface area (Å²) in [5.74, 6) is 0.634. The molecule has 3 aromatic rings. The zero-order chi connectivity index (χ0) is 16.9. The summed E-state index contributed by atoms with van der Waals surface area (Å²) in [6, 6.07) is 17.9. The largest absolute Gasteiger partial charge is 0.457 e. The Hall–Kier alpha value is -3.45. The molecule has 1 heterocycles. The smallest absolute Gasteiger partial charge is 0.185 e. The second-order valence-corrected chi connectivity index (χ2v) is 5.10. The van der Waals surface area contributed by atoms with Gasteiger partial charge in [0.05, 0.1) is 11.6 Å². The molecule has 0 unspecified atom stereocenters. The lowest BCUT2D eigenvalue weighted by Crippen LogP contribution is -1.93. The van der Waals surface area contributed by atoms with Crippen molar-refractivity contribution in [1.29, 1.82) is 5.26 Å². The summed E-state index contributed by atoms with van der Waals surface area (Å²) in [6.07, 6.45) is 2.99. The third-order valence-corrected chi connectivity index (χ3v) is 3.45. The number of carbonyl (C=O) groups excluding carboxylic acids is 1. The van der Waals surface area contributed by atoms with Gasteiger partial charge in [0.25, 0.3) is 0 Å².